The van der Waals surface area contributed by atoms with E-state index in [-0.39, 0.29) is 5.56 Å². The van der Waals surface area contributed by atoms with E-state index in [0.717, 1.165) is 3.57 Å². The third kappa shape index (κ3) is 3.11. The molecule has 0 saturated carbocycles. The summed E-state index contributed by atoms with van der Waals surface area (Å²) in [5.74, 6) is -3.47. The molecule has 100 valence electrons. The third-order valence-corrected chi connectivity index (χ3v) is 3.98. The number of aliphatic hydroxyl groups excluding tert-OH is 1. The maximum absolute atomic E-state index is 13.6. The monoisotopic (exact) mass is 442 g/mol. The Bertz CT molecular complexity index is 634. The second kappa shape index (κ2) is 5.80. The smallest absolute Gasteiger partial charge is 0.161 e. The molecule has 2 aromatic rings. The quantitative estimate of drug-likeness (QED) is 0.534. The van der Waals surface area contributed by atoms with Crippen molar-refractivity contribution in [1.82, 2.24) is 0 Å². The summed E-state index contributed by atoms with van der Waals surface area (Å²) in [7, 11) is 0. The van der Waals surface area contributed by atoms with E-state index in [0.29, 0.717) is 22.2 Å². The largest absolute Gasteiger partial charge is 0.384 e. The van der Waals surface area contributed by atoms with E-state index >= 15 is 0 Å². The molecule has 0 heterocycles. The Hall–Kier alpha value is -0.600. The second-order valence-corrected chi connectivity index (χ2v) is 5.96. The van der Waals surface area contributed by atoms with Crippen LogP contribution in [0.1, 0.15) is 17.2 Å². The zero-order chi connectivity index (χ0) is 14.2. The van der Waals surface area contributed by atoms with Gasteiger partial charge in [-0.2, -0.15) is 0 Å². The van der Waals surface area contributed by atoms with Crippen LogP contribution < -0.4 is 0 Å². The summed E-state index contributed by atoms with van der Waals surface area (Å²) in [5, 5.41) is 10.1. The Morgan fingerprint density at radius 2 is 1.58 bits per heavy atom. The van der Waals surface area contributed by atoms with Gasteiger partial charge in [0.1, 0.15) is 11.9 Å². The van der Waals surface area contributed by atoms with Crippen molar-refractivity contribution < 1.29 is 18.3 Å². The number of rotatable bonds is 2. The van der Waals surface area contributed by atoms with E-state index < -0.39 is 23.6 Å². The summed E-state index contributed by atoms with van der Waals surface area (Å²) < 4.78 is 41.0. The van der Waals surface area contributed by atoms with Gasteiger partial charge in [-0.25, -0.2) is 13.2 Å². The lowest BCUT2D eigenvalue weighted by Gasteiger charge is -2.15. The average Bonchev–Trinajstić information content (AvgIpc) is 2.36. The highest BCUT2D eigenvalue weighted by molar-refractivity contribution is 14.1. The molecule has 0 aliphatic rings. The SMILES string of the molecule is OC(c1cc(F)c(F)cc1F)c1cc(I)ccc1Br. The molecule has 1 N–H and O–H groups in total. The van der Waals surface area contributed by atoms with Gasteiger partial charge in [0, 0.05) is 25.2 Å². The van der Waals surface area contributed by atoms with Crippen LogP contribution in [0.2, 0.25) is 0 Å². The van der Waals surface area contributed by atoms with Crippen molar-refractivity contribution in [2.75, 3.05) is 0 Å². The first-order valence-corrected chi connectivity index (χ1v) is 7.04. The minimum atomic E-state index is -1.38. The number of benzene rings is 2. The zero-order valence-corrected chi connectivity index (χ0v) is 13.0. The van der Waals surface area contributed by atoms with E-state index in [2.05, 4.69) is 15.9 Å². The van der Waals surface area contributed by atoms with Crippen molar-refractivity contribution in [3.8, 4) is 0 Å². The first-order chi connectivity index (χ1) is 8.90. The van der Waals surface area contributed by atoms with Gasteiger partial charge in [0.05, 0.1) is 0 Å². The van der Waals surface area contributed by atoms with Crippen LogP contribution in [0.15, 0.2) is 34.8 Å². The zero-order valence-electron chi connectivity index (χ0n) is 9.30. The van der Waals surface area contributed by atoms with Crippen molar-refractivity contribution in [2.24, 2.45) is 0 Å². The average molecular weight is 443 g/mol. The van der Waals surface area contributed by atoms with Gasteiger partial charge in [-0.1, -0.05) is 15.9 Å². The highest BCUT2D eigenvalue weighted by Gasteiger charge is 2.20. The van der Waals surface area contributed by atoms with Gasteiger partial charge in [0.25, 0.3) is 0 Å². The fourth-order valence-electron chi connectivity index (χ4n) is 1.64. The molecule has 0 fully saturated rings. The Labute approximate surface area is 129 Å². The summed E-state index contributed by atoms with van der Waals surface area (Å²) >= 11 is 5.27. The first-order valence-electron chi connectivity index (χ1n) is 5.17. The summed E-state index contributed by atoms with van der Waals surface area (Å²) in [6.45, 7) is 0. The minimum Gasteiger partial charge on any atom is -0.384 e. The second-order valence-electron chi connectivity index (χ2n) is 3.86. The van der Waals surface area contributed by atoms with Crippen molar-refractivity contribution >= 4 is 38.5 Å². The van der Waals surface area contributed by atoms with Gasteiger partial charge in [0.15, 0.2) is 11.6 Å². The topological polar surface area (TPSA) is 20.2 Å². The Morgan fingerprint density at radius 1 is 0.947 bits per heavy atom. The number of halogens is 5. The van der Waals surface area contributed by atoms with Gasteiger partial charge in [-0.3, -0.25) is 0 Å². The molecule has 0 radical (unpaired) electrons. The van der Waals surface area contributed by atoms with Crippen molar-refractivity contribution in [1.29, 1.82) is 0 Å². The van der Waals surface area contributed by atoms with Crippen molar-refractivity contribution in [3.05, 3.63) is 67.0 Å². The molecule has 6 heteroatoms. The highest BCUT2D eigenvalue weighted by Crippen LogP contribution is 2.32. The molecule has 2 rings (SSSR count). The summed E-state index contributed by atoms with van der Waals surface area (Å²) in [6.07, 6.45) is -1.38. The van der Waals surface area contributed by atoms with E-state index in [4.69, 9.17) is 0 Å². The maximum atomic E-state index is 13.6. The van der Waals surface area contributed by atoms with Crippen LogP contribution in [-0.4, -0.2) is 5.11 Å². The molecule has 0 aromatic heterocycles. The van der Waals surface area contributed by atoms with Crippen molar-refractivity contribution in [3.63, 3.8) is 0 Å². The molecule has 0 bridgehead atoms. The normalized spacial score (nSPS) is 12.5. The van der Waals surface area contributed by atoms with Gasteiger partial charge in [0.2, 0.25) is 0 Å². The summed E-state index contributed by atoms with van der Waals surface area (Å²) in [5.41, 5.74) is 0.0819. The Balaban J connectivity index is 2.52. The summed E-state index contributed by atoms with van der Waals surface area (Å²) in [4.78, 5) is 0. The van der Waals surface area contributed by atoms with Crippen molar-refractivity contribution in [2.45, 2.75) is 6.10 Å². The molecular formula is C13H7BrF3IO. The lowest BCUT2D eigenvalue weighted by Crippen LogP contribution is -2.05. The fraction of sp³-hybridized carbons (Fsp3) is 0.0769. The van der Waals surface area contributed by atoms with E-state index in [1.165, 1.54) is 0 Å². The lowest BCUT2D eigenvalue weighted by atomic mass is 10.0. The van der Waals surface area contributed by atoms with E-state index in [1.807, 2.05) is 22.6 Å². The molecule has 0 spiro atoms. The standard InChI is InChI=1S/C13H7BrF3IO/c14-9-2-1-6(18)3-7(9)13(19)8-4-11(16)12(17)5-10(8)15/h1-5,13,19H. The molecule has 0 aliphatic heterocycles. The fourth-order valence-corrected chi connectivity index (χ4v) is 2.62. The van der Waals surface area contributed by atoms with E-state index in [9.17, 15) is 18.3 Å². The first kappa shape index (κ1) is 14.8. The number of hydrogen-bond donors (Lipinski definition) is 1. The van der Waals surface area contributed by atoms with Crippen LogP contribution in [-0.2, 0) is 0 Å². The molecule has 1 nitrogen and oxygen atoms in total. The van der Waals surface area contributed by atoms with Crippen LogP contribution in [0.4, 0.5) is 13.2 Å². The van der Waals surface area contributed by atoms with E-state index in [1.54, 1.807) is 18.2 Å². The van der Waals surface area contributed by atoms with Crippen LogP contribution in [0.25, 0.3) is 0 Å². The van der Waals surface area contributed by atoms with Crippen LogP contribution >= 0.6 is 38.5 Å². The number of hydrogen-bond acceptors (Lipinski definition) is 1. The van der Waals surface area contributed by atoms with Crippen LogP contribution in [0.3, 0.4) is 0 Å². The maximum Gasteiger partial charge on any atom is 0.161 e. The van der Waals surface area contributed by atoms with Gasteiger partial charge in [-0.05, 0) is 46.9 Å². The summed E-state index contributed by atoms with van der Waals surface area (Å²) in [6, 6.07) is 6.22. The number of aliphatic hydroxyl groups is 1. The third-order valence-electron chi connectivity index (χ3n) is 2.59. The molecular weight excluding hydrogens is 436 g/mol. The molecule has 2 aromatic carbocycles. The molecule has 0 aliphatic carbocycles. The Morgan fingerprint density at radius 3 is 2.26 bits per heavy atom. The lowest BCUT2D eigenvalue weighted by molar-refractivity contribution is 0.213. The molecule has 0 amide bonds. The minimum absolute atomic E-state index is 0.304. The molecule has 1 atom stereocenters. The van der Waals surface area contributed by atoms with Gasteiger partial charge >= 0.3 is 0 Å². The predicted molar refractivity (Wildman–Crippen MR) is 77.2 cm³/mol. The van der Waals surface area contributed by atoms with Gasteiger partial charge < -0.3 is 5.11 Å². The van der Waals surface area contributed by atoms with Crippen LogP contribution in [0, 0.1) is 21.0 Å². The predicted octanol–water partition coefficient (Wildman–Crippen LogP) is 4.55. The van der Waals surface area contributed by atoms with Gasteiger partial charge in [-0.15, -0.1) is 0 Å². The highest BCUT2D eigenvalue weighted by atomic mass is 127. The molecule has 19 heavy (non-hydrogen) atoms. The Kier molecular flexibility index (Phi) is 4.52. The molecule has 1 unspecified atom stereocenters. The molecule has 0 saturated heterocycles. The van der Waals surface area contributed by atoms with Crippen LogP contribution in [0.5, 0.6) is 0 Å².